The first-order valence-electron chi connectivity index (χ1n) is 6.91. The lowest BCUT2D eigenvalue weighted by Gasteiger charge is -2.20. The summed E-state index contributed by atoms with van der Waals surface area (Å²) in [5.41, 5.74) is 0. The van der Waals surface area contributed by atoms with E-state index in [0.717, 1.165) is 24.3 Å². The van der Waals surface area contributed by atoms with Crippen LogP contribution < -0.4 is 9.16 Å². The molecule has 2 nitrogen and oxygen atoms in total. The van der Waals surface area contributed by atoms with E-state index >= 15 is 0 Å². The number of benzene rings is 1. The van der Waals surface area contributed by atoms with Gasteiger partial charge in [-0.25, -0.2) is 0 Å². The van der Waals surface area contributed by atoms with Crippen molar-refractivity contribution in [1.29, 1.82) is 0 Å². The third-order valence-electron chi connectivity index (χ3n) is 3.01. The Balaban J connectivity index is 2.62. The monoisotopic (exact) mass is 263 g/mol. The summed E-state index contributed by atoms with van der Waals surface area (Å²) < 4.78 is 11.2. The van der Waals surface area contributed by atoms with Crippen LogP contribution in [-0.4, -0.2) is 16.6 Å². The predicted molar refractivity (Wildman–Crippen MR) is 76.3 cm³/mol. The van der Waals surface area contributed by atoms with Gasteiger partial charge in [0.05, 0.1) is 6.10 Å². The number of unbranched alkanes of at least 4 members (excludes halogenated alkanes) is 2. The Hall–Kier alpha value is -0.963. The van der Waals surface area contributed by atoms with Crippen molar-refractivity contribution >= 4 is 10.5 Å². The third kappa shape index (κ3) is 5.13. The van der Waals surface area contributed by atoms with Crippen molar-refractivity contribution in [3.63, 3.8) is 0 Å². The van der Waals surface area contributed by atoms with Gasteiger partial charge in [0.15, 0.2) is 5.75 Å². The van der Waals surface area contributed by atoms with Gasteiger partial charge < -0.3 is 9.16 Å². The zero-order valence-electron chi connectivity index (χ0n) is 11.4. The summed E-state index contributed by atoms with van der Waals surface area (Å²) in [5, 5.41) is 0. The van der Waals surface area contributed by atoms with Crippen LogP contribution in [0.5, 0.6) is 11.5 Å². The molecule has 0 aliphatic carbocycles. The molecule has 0 bridgehead atoms. The van der Waals surface area contributed by atoms with E-state index < -0.39 is 0 Å². The van der Waals surface area contributed by atoms with E-state index in [1.54, 1.807) is 0 Å². The fourth-order valence-electron chi connectivity index (χ4n) is 1.94. The summed E-state index contributed by atoms with van der Waals surface area (Å²) in [6.07, 6.45) is 7.38. The smallest absolute Gasteiger partial charge is 0.341 e. The second kappa shape index (κ2) is 9.03. The Kier molecular flexibility index (Phi) is 7.57. The quantitative estimate of drug-likeness (QED) is 0.619. The molecule has 99 valence electrons. The average Bonchev–Trinajstić information content (AvgIpc) is 2.42. The maximum Gasteiger partial charge on any atom is 0.341 e. The number of rotatable bonds is 9. The zero-order chi connectivity index (χ0) is 13.2. The molecule has 0 unspecified atom stereocenters. The van der Waals surface area contributed by atoms with Gasteiger partial charge in [0.25, 0.3) is 0 Å². The highest BCUT2D eigenvalue weighted by Gasteiger charge is 2.12. The molecule has 0 spiro atoms. The van der Waals surface area contributed by atoms with Gasteiger partial charge in [0, 0.05) is 0 Å². The van der Waals surface area contributed by atoms with Crippen molar-refractivity contribution in [2.45, 2.75) is 58.5 Å². The molecule has 0 aliphatic rings. The normalized spacial score (nSPS) is 10.7. The lowest BCUT2D eigenvalue weighted by atomic mass is 10.1. The van der Waals surface area contributed by atoms with Crippen LogP contribution >= 0.6 is 0 Å². The molecule has 1 rings (SSSR count). The lowest BCUT2D eigenvalue weighted by Crippen LogP contribution is -2.16. The number of hydrogen-bond donors (Lipinski definition) is 0. The molecule has 0 atom stereocenters. The zero-order valence-corrected chi connectivity index (χ0v) is 12.4. The van der Waals surface area contributed by atoms with Crippen LogP contribution in [0.15, 0.2) is 24.3 Å². The largest absolute Gasteiger partial charge is 0.538 e. The summed E-state index contributed by atoms with van der Waals surface area (Å²) in [7, 11) is 3.07. The average molecular weight is 263 g/mol. The molecule has 0 amide bonds. The summed E-state index contributed by atoms with van der Waals surface area (Å²) in [4.78, 5) is 0. The van der Waals surface area contributed by atoms with Crippen molar-refractivity contribution in [3.8, 4) is 11.5 Å². The van der Waals surface area contributed by atoms with Gasteiger partial charge in [-0.05, 0) is 25.0 Å². The van der Waals surface area contributed by atoms with Gasteiger partial charge in [-0.2, -0.15) is 0 Å². The molecule has 0 saturated heterocycles. The van der Waals surface area contributed by atoms with Crippen molar-refractivity contribution in [1.82, 2.24) is 0 Å². The van der Waals surface area contributed by atoms with Crippen molar-refractivity contribution in [2.75, 3.05) is 0 Å². The van der Waals surface area contributed by atoms with E-state index in [1.807, 2.05) is 24.3 Å². The summed E-state index contributed by atoms with van der Waals surface area (Å²) >= 11 is 0. The molecule has 1 aromatic carbocycles. The van der Waals surface area contributed by atoms with Gasteiger partial charge in [-0.15, -0.1) is 0 Å². The lowest BCUT2D eigenvalue weighted by molar-refractivity contribution is 0.171. The maximum absolute atomic E-state index is 6.08. The molecule has 0 saturated carbocycles. The number of para-hydroxylation sites is 2. The highest BCUT2D eigenvalue weighted by Crippen LogP contribution is 2.28. The highest BCUT2D eigenvalue weighted by atomic mass is 28.2. The van der Waals surface area contributed by atoms with Crippen LogP contribution in [0.4, 0.5) is 0 Å². The van der Waals surface area contributed by atoms with E-state index in [0.29, 0.717) is 6.10 Å². The molecule has 0 aromatic heterocycles. The van der Waals surface area contributed by atoms with Gasteiger partial charge in [0.1, 0.15) is 5.75 Å². The molecule has 0 N–H and O–H groups in total. The van der Waals surface area contributed by atoms with Crippen molar-refractivity contribution < 1.29 is 9.16 Å². The topological polar surface area (TPSA) is 18.5 Å². The summed E-state index contributed by atoms with van der Waals surface area (Å²) in [6.45, 7) is 4.43. The number of ether oxygens (including phenoxy) is 1. The van der Waals surface area contributed by atoms with E-state index in [-0.39, 0.29) is 0 Å². The van der Waals surface area contributed by atoms with Crippen LogP contribution in [0.3, 0.4) is 0 Å². The second-order valence-electron chi connectivity index (χ2n) is 4.57. The van der Waals surface area contributed by atoms with Gasteiger partial charge >= 0.3 is 10.5 Å². The molecule has 3 heteroatoms. The van der Waals surface area contributed by atoms with Crippen LogP contribution in [0.2, 0.25) is 0 Å². The van der Waals surface area contributed by atoms with E-state index in [4.69, 9.17) is 9.16 Å². The standard InChI is InChI=1S/C15H23O2Si/c1-3-5-9-13(10-6-4-2)16-14-11-7-8-12-15(14)17-18/h7-8,11-13H,3-6,9-10H2,1-2H3. The Morgan fingerprint density at radius 2 is 1.56 bits per heavy atom. The molecule has 0 heterocycles. The minimum atomic E-state index is 0.299. The Morgan fingerprint density at radius 3 is 2.06 bits per heavy atom. The van der Waals surface area contributed by atoms with Crippen molar-refractivity contribution in [3.05, 3.63) is 24.3 Å². The summed E-state index contributed by atoms with van der Waals surface area (Å²) in [6, 6.07) is 7.77. The Labute approximate surface area is 114 Å². The molecule has 3 radical (unpaired) electrons. The second-order valence-corrected chi connectivity index (χ2v) is 4.78. The van der Waals surface area contributed by atoms with Crippen LogP contribution in [-0.2, 0) is 0 Å². The van der Waals surface area contributed by atoms with Crippen LogP contribution in [0, 0.1) is 0 Å². The van der Waals surface area contributed by atoms with E-state index in [1.165, 1.54) is 25.7 Å². The fraction of sp³-hybridized carbons (Fsp3) is 0.600. The highest BCUT2D eigenvalue weighted by molar-refractivity contribution is 6.00. The van der Waals surface area contributed by atoms with Gasteiger partial charge in [-0.3, -0.25) is 0 Å². The van der Waals surface area contributed by atoms with Gasteiger partial charge in [-0.1, -0.05) is 51.7 Å². The first kappa shape index (κ1) is 15.1. The molecular weight excluding hydrogens is 240 g/mol. The minimum absolute atomic E-state index is 0.299. The Bertz CT molecular complexity index is 320. The van der Waals surface area contributed by atoms with Crippen molar-refractivity contribution in [2.24, 2.45) is 0 Å². The maximum atomic E-state index is 6.08. The number of hydrogen-bond acceptors (Lipinski definition) is 2. The predicted octanol–water partition coefficient (Wildman–Crippen LogP) is 4.28. The fourth-order valence-corrected chi connectivity index (χ4v) is 2.11. The Morgan fingerprint density at radius 1 is 1.00 bits per heavy atom. The minimum Gasteiger partial charge on any atom is -0.538 e. The molecule has 1 aromatic rings. The van der Waals surface area contributed by atoms with E-state index in [2.05, 4.69) is 24.3 Å². The first-order valence-corrected chi connectivity index (χ1v) is 7.31. The van der Waals surface area contributed by atoms with Crippen LogP contribution in [0.25, 0.3) is 0 Å². The third-order valence-corrected chi connectivity index (χ3v) is 3.23. The molecular formula is C15H23O2Si. The summed E-state index contributed by atoms with van der Waals surface area (Å²) in [5.74, 6) is 1.57. The van der Waals surface area contributed by atoms with E-state index in [9.17, 15) is 0 Å². The molecule has 0 aliphatic heterocycles. The van der Waals surface area contributed by atoms with Gasteiger partial charge in [0.2, 0.25) is 0 Å². The SMILES string of the molecule is CCCCC(CCCC)Oc1ccccc1O[Si]. The first-order chi connectivity index (χ1) is 8.81. The molecule has 18 heavy (non-hydrogen) atoms. The molecule has 0 fully saturated rings. The van der Waals surface area contributed by atoms with Crippen LogP contribution in [0.1, 0.15) is 52.4 Å².